The van der Waals surface area contributed by atoms with Gasteiger partial charge in [0.05, 0.1) is 5.92 Å². The molecule has 4 rings (SSSR count). The number of hydrogen-bond donors (Lipinski definition) is 2. The Kier molecular flexibility index (Phi) is 3.10. The lowest BCUT2D eigenvalue weighted by molar-refractivity contribution is 0.398. The van der Waals surface area contributed by atoms with E-state index >= 15 is 0 Å². The van der Waals surface area contributed by atoms with E-state index in [9.17, 15) is 5.26 Å². The van der Waals surface area contributed by atoms with Crippen molar-refractivity contribution in [2.75, 3.05) is 5.73 Å². The number of fused-ring (bicyclic) bond motifs is 3. The average molecular weight is 314 g/mol. The molecule has 1 aliphatic rings. The molecule has 0 saturated heterocycles. The summed E-state index contributed by atoms with van der Waals surface area (Å²) < 4.78 is 5.81. The molecule has 116 valence electrons. The van der Waals surface area contributed by atoms with Crippen molar-refractivity contribution in [1.29, 1.82) is 5.26 Å². The predicted molar refractivity (Wildman–Crippen MR) is 91.9 cm³/mol. The fraction of sp³-hybridized carbons (Fsp3) is 0.0526. The van der Waals surface area contributed by atoms with E-state index in [-0.39, 0.29) is 11.8 Å². The quantitative estimate of drug-likeness (QED) is 0.673. The van der Waals surface area contributed by atoms with Crippen molar-refractivity contribution in [3.63, 3.8) is 0 Å². The first-order chi connectivity index (χ1) is 11.7. The number of aromatic nitrogens is 1. The Morgan fingerprint density at radius 3 is 2.67 bits per heavy atom. The van der Waals surface area contributed by atoms with Crippen molar-refractivity contribution in [3.05, 3.63) is 77.4 Å². The molecule has 0 radical (unpaired) electrons. The van der Waals surface area contributed by atoms with Gasteiger partial charge in [0.25, 0.3) is 0 Å². The number of nitrogen functional groups attached to an aromatic ring is 1. The van der Waals surface area contributed by atoms with Crippen molar-refractivity contribution in [2.24, 2.45) is 5.73 Å². The second-order valence-corrected chi connectivity index (χ2v) is 5.64. The lowest BCUT2D eigenvalue weighted by Gasteiger charge is -2.27. The zero-order valence-electron chi connectivity index (χ0n) is 12.7. The van der Waals surface area contributed by atoms with Crippen LogP contribution in [0.2, 0.25) is 0 Å². The van der Waals surface area contributed by atoms with Crippen molar-refractivity contribution < 1.29 is 4.74 Å². The first kappa shape index (κ1) is 14.1. The first-order valence-electron chi connectivity index (χ1n) is 7.49. The smallest absolute Gasteiger partial charge is 0.205 e. The van der Waals surface area contributed by atoms with E-state index in [4.69, 9.17) is 16.2 Å². The fourth-order valence-electron chi connectivity index (χ4n) is 3.19. The molecule has 1 aromatic heterocycles. The summed E-state index contributed by atoms with van der Waals surface area (Å²) in [4.78, 5) is 4.17. The highest BCUT2D eigenvalue weighted by Crippen LogP contribution is 2.45. The largest absolute Gasteiger partial charge is 0.440 e. The Hall–Kier alpha value is -3.52. The molecule has 1 unspecified atom stereocenters. The number of allylic oxidation sites excluding steroid dienone is 1. The minimum absolute atomic E-state index is 0.119. The highest BCUT2D eigenvalue weighted by atomic mass is 16.5. The van der Waals surface area contributed by atoms with Gasteiger partial charge in [-0.25, -0.2) is 0 Å². The Morgan fingerprint density at radius 1 is 1.04 bits per heavy atom. The molecular weight excluding hydrogens is 300 g/mol. The summed E-state index contributed by atoms with van der Waals surface area (Å²) in [6.07, 6.45) is 3.44. The van der Waals surface area contributed by atoms with Gasteiger partial charge in [-0.15, -0.1) is 0 Å². The van der Waals surface area contributed by atoms with Gasteiger partial charge in [-0.3, -0.25) is 4.98 Å². The molecule has 1 atom stereocenters. The number of nitrogens with zero attached hydrogens (tertiary/aromatic N) is 2. The van der Waals surface area contributed by atoms with Gasteiger partial charge in [-0.05, 0) is 17.7 Å². The Balaban J connectivity index is 2.04. The zero-order valence-corrected chi connectivity index (χ0v) is 12.7. The van der Waals surface area contributed by atoms with E-state index < -0.39 is 0 Å². The lowest BCUT2D eigenvalue weighted by Crippen LogP contribution is -2.21. The predicted octanol–water partition coefficient (Wildman–Crippen LogP) is 3.04. The summed E-state index contributed by atoms with van der Waals surface area (Å²) >= 11 is 0. The number of nitrogens with two attached hydrogens (primary N) is 2. The third-order valence-electron chi connectivity index (χ3n) is 4.29. The molecule has 2 heterocycles. The highest BCUT2D eigenvalue weighted by molar-refractivity contribution is 5.98. The van der Waals surface area contributed by atoms with E-state index in [0.717, 1.165) is 21.9 Å². The molecule has 24 heavy (non-hydrogen) atoms. The van der Waals surface area contributed by atoms with Crippen LogP contribution in [0.4, 0.5) is 5.69 Å². The number of hydrogen-bond acceptors (Lipinski definition) is 5. The van der Waals surface area contributed by atoms with Gasteiger partial charge < -0.3 is 16.2 Å². The average Bonchev–Trinajstić information content (AvgIpc) is 2.61. The van der Waals surface area contributed by atoms with E-state index in [2.05, 4.69) is 11.1 Å². The molecular formula is C19H14N4O. The maximum atomic E-state index is 9.57. The first-order valence-corrected chi connectivity index (χ1v) is 7.49. The van der Waals surface area contributed by atoms with Crippen molar-refractivity contribution in [3.8, 4) is 11.8 Å². The van der Waals surface area contributed by atoms with Gasteiger partial charge in [0, 0.05) is 34.4 Å². The van der Waals surface area contributed by atoms with Crippen LogP contribution in [0.3, 0.4) is 0 Å². The van der Waals surface area contributed by atoms with Crippen LogP contribution in [0.25, 0.3) is 10.8 Å². The minimum atomic E-state index is -0.307. The van der Waals surface area contributed by atoms with E-state index in [1.54, 1.807) is 12.4 Å². The summed E-state index contributed by atoms with van der Waals surface area (Å²) in [5, 5.41) is 11.3. The van der Waals surface area contributed by atoms with Gasteiger partial charge in [-0.1, -0.05) is 30.3 Å². The van der Waals surface area contributed by atoms with Crippen LogP contribution in [0.5, 0.6) is 5.75 Å². The highest BCUT2D eigenvalue weighted by Gasteiger charge is 2.31. The van der Waals surface area contributed by atoms with E-state index in [1.165, 1.54) is 0 Å². The molecule has 2 aromatic carbocycles. The number of benzene rings is 2. The van der Waals surface area contributed by atoms with Crippen LogP contribution in [0.15, 0.2) is 66.3 Å². The van der Waals surface area contributed by atoms with Gasteiger partial charge in [-0.2, -0.15) is 5.26 Å². The summed E-state index contributed by atoms with van der Waals surface area (Å²) in [6, 6.07) is 15.5. The molecule has 5 nitrogen and oxygen atoms in total. The lowest BCUT2D eigenvalue weighted by atomic mass is 9.83. The molecule has 5 heteroatoms. The minimum Gasteiger partial charge on any atom is -0.440 e. The van der Waals surface area contributed by atoms with Crippen LogP contribution >= 0.6 is 0 Å². The zero-order chi connectivity index (χ0) is 16.7. The third-order valence-corrected chi connectivity index (χ3v) is 4.29. The van der Waals surface area contributed by atoms with E-state index in [1.807, 2.05) is 42.5 Å². The topological polar surface area (TPSA) is 98.0 Å². The van der Waals surface area contributed by atoms with Gasteiger partial charge in [0.2, 0.25) is 5.88 Å². The second-order valence-electron chi connectivity index (χ2n) is 5.64. The molecule has 0 saturated carbocycles. The molecule has 1 aliphatic heterocycles. The third kappa shape index (κ3) is 1.97. The summed E-state index contributed by atoms with van der Waals surface area (Å²) in [7, 11) is 0. The van der Waals surface area contributed by atoms with Crippen LogP contribution in [0, 0.1) is 11.3 Å². The maximum absolute atomic E-state index is 9.57. The normalized spacial score (nSPS) is 16.4. The number of nitriles is 1. The monoisotopic (exact) mass is 314 g/mol. The standard InChI is InChI=1S/C19H14N4O/c20-9-15-17(11-3-2-8-23-10-11)14-7-6-12-13(4-1-5-16(12)21)18(14)24-19(15)22/h1-8,10,17H,21-22H2. The van der Waals surface area contributed by atoms with Crippen LogP contribution in [-0.2, 0) is 0 Å². The number of ether oxygens (including phenoxy) is 1. The SMILES string of the molecule is N#CC1=C(N)Oc2c(ccc3c(N)cccc23)C1c1cccnc1. The Morgan fingerprint density at radius 2 is 1.92 bits per heavy atom. The van der Waals surface area contributed by atoms with Gasteiger partial charge in [0.1, 0.15) is 17.4 Å². The fourth-order valence-corrected chi connectivity index (χ4v) is 3.19. The molecule has 0 fully saturated rings. The summed E-state index contributed by atoms with van der Waals surface area (Å²) in [5.74, 6) is 0.456. The number of pyridine rings is 1. The van der Waals surface area contributed by atoms with E-state index in [0.29, 0.717) is 17.0 Å². The molecule has 4 N–H and O–H groups in total. The number of rotatable bonds is 1. The van der Waals surface area contributed by atoms with Crippen molar-refractivity contribution >= 4 is 16.5 Å². The second kappa shape index (κ2) is 5.28. The van der Waals surface area contributed by atoms with Crippen LogP contribution in [-0.4, -0.2) is 4.98 Å². The van der Waals surface area contributed by atoms with Gasteiger partial charge >= 0.3 is 0 Å². The van der Waals surface area contributed by atoms with Gasteiger partial charge in [0.15, 0.2) is 0 Å². The Bertz CT molecular complexity index is 1020. The van der Waals surface area contributed by atoms with Crippen LogP contribution < -0.4 is 16.2 Å². The Labute approximate surface area is 138 Å². The summed E-state index contributed by atoms with van der Waals surface area (Å²) in [6.45, 7) is 0. The molecule has 0 spiro atoms. The van der Waals surface area contributed by atoms with Crippen molar-refractivity contribution in [2.45, 2.75) is 5.92 Å². The maximum Gasteiger partial charge on any atom is 0.205 e. The molecule has 0 aliphatic carbocycles. The summed E-state index contributed by atoms with van der Waals surface area (Å²) in [5.41, 5.74) is 14.9. The molecule has 0 amide bonds. The van der Waals surface area contributed by atoms with Crippen LogP contribution in [0.1, 0.15) is 17.0 Å². The number of anilines is 1. The molecule has 0 bridgehead atoms. The molecule has 3 aromatic rings. The van der Waals surface area contributed by atoms with Crippen molar-refractivity contribution in [1.82, 2.24) is 4.98 Å².